The second-order valence-corrected chi connectivity index (χ2v) is 8.40. The molecule has 0 aromatic carbocycles. The number of ether oxygens (including phenoxy) is 1. The van der Waals surface area contributed by atoms with Gasteiger partial charge in [0, 0.05) is 26.2 Å². The maximum atomic E-state index is 12.3. The molecule has 0 aliphatic carbocycles. The van der Waals surface area contributed by atoms with Crippen molar-refractivity contribution in [3.8, 4) is 0 Å². The van der Waals surface area contributed by atoms with E-state index in [4.69, 9.17) is 4.74 Å². The van der Waals surface area contributed by atoms with Crippen molar-refractivity contribution < 1.29 is 13.2 Å². The van der Waals surface area contributed by atoms with Crippen LogP contribution >= 0.6 is 0 Å². The van der Waals surface area contributed by atoms with Crippen molar-refractivity contribution in [1.29, 1.82) is 0 Å². The van der Waals surface area contributed by atoms with Crippen LogP contribution in [0.3, 0.4) is 0 Å². The van der Waals surface area contributed by atoms with Crippen molar-refractivity contribution in [3.05, 3.63) is 0 Å². The molecule has 0 saturated carbocycles. The lowest BCUT2D eigenvalue weighted by molar-refractivity contribution is -0.0280. The molecule has 0 spiro atoms. The van der Waals surface area contributed by atoms with Crippen LogP contribution in [0.1, 0.15) is 47.0 Å². The Morgan fingerprint density at radius 1 is 1.33 bits per heavy atom. The Labute approximate surface area is 130 Å². The van der Waals surface area contributed by atoms with Crippen LogP contribution in [-0.4, -0.2) is 57.5 Å². The van der Waals surface area contributed by atoms with E-state index in [1.807, 2.05) is 13.8 Å². The molecular formula is C15H32N2O3S. The minimum Gasteiger partial charge on any atom is -0.374 e. The molecule has 1 rings (SSSR count). The van der Waals surface area contributed by atoms with Crippen LogP contribution in [0.15, 0.2) is 0 Å². The van der Waals surface area contributed by atoms with Crippen LogP contribution in [-0.2, 0) is 14.8 Å². The molecule has 21 heavy (non-hydrogen) atoms. The highest BCUT2D eigenvalue weighted by molar-refractivity contribution is 7.90. The summed E-state index contributed by atoms with van der Waals surface area (Å²) in [4.78, 5) is 2.36. The summed E-state index contributed by atoms with van der Waals surface area (Å²) in [6.45, 7) is 12.2. The van der Waals surface area contributed by atoms with Gasteiger partial charge in [0.2, 0.25) is 10.0 Å². The van der Waals surface area contributed by atoms with Gasteiger partial charge in [-0.2, -0.15) is 0 Å². The standard InChI is InChI=1S/C15H32N2O3S/c1-5-7-15(6-2)21(18,19)16-10-14-12-17(8-9-20-14)11-13(3)4/h13-16H,5-12H2,1-4H3/t14-,15+/m0/s1. The topological polar surface area (TPSA) is 58.6 Å². The molecule has 0 bridgehead atoms. The highest BCUT2D eigenvalue weighted by Gasteiger charge is 2.26. The average Bonchev–Trinajstić information content (AvgIpc) is 2.42. The molecule has 126 valence electrons. The van der Waals surface area contributed by atoms with E-state index in [1.165, 1.54) is 0 Å². The van der Waals surface area contributed by atoms with Crippen molar-refractivity contribution in [2.75, 3.05) is 32.8 Å². The molecular weight excluding hydrogens is 288 g/mol. The molecule has 2 atom stereocenters. The number of nitrogens with zero attached hydrogens (tertiary/aromatic N) is 1. The molecule has 0 unspecified atom stereocenters. The fourth-order valence-corrected chi connectivity index (χ4v) is 4.45. The Morgan fingerprint density at radius 2 is 2.05 bits per heavy atom. The largest absolute Gasteiger partial charge is 0.374 e. The number of hydrogen-bond donors (Lipinski definition) is 1. The number of morpholine rings is 1. The van der Waals surface area contributed by atoms with Gasteiger partial charge in [0.05, 0.1) is 18.0 Å². The van der Waals surface area contributed by atoms with Gasteiger partial charge in [-0.1, -0.05) is 34.1 Å². The highest BCUT2D eigenvalue weighted by atomic mass is 32.2. The van der Waals surface area contributed by atoms with Gasteiger partial charge in [-0.05, 0) is 18.8 Å². The van der Waals surface area contributed by atoms with E-state index in [-0.39, 0.29) is 11.4 Å². The number of sulfonamides is 1. The maximum absolute atomic E-state index is 12.3. The third kappa shape index (κ3) is 6.63. The smallest absolute Gasteiger partial charge is 0.214 e. The van der Waals surface area contributed by atoms with E-state index in [0.717, 1.165) is 32.5 Å². The van der Waals surface area contributed by atoms with Crippen LogP contribution in [0.2, 0.25) is 0 Å². The third-order valence-electron chi connectivity index (χ3n) is 3.86. The Kier molecular flexibility index (Phi) is 8.16. The van der Waals surface area contributed by atoms with Gasteiger partial charge in [-0.3, -0.25) is 4.90 Å². The van der Waals surface area contributed by atoms with Crippen LogP contribution in [0.4, 0.5) is 0 Å². The van der Waals surface area contributed by atoms with E-state index in [9.17, 15) is 8.42 Å². The van der Waals surface area contributed by atoms with E-state index in [1.54, 1.807) is 0 Å². The summed E-state index contributed by atoms with van der Waals surface area (Å²) in [5.41, 5.74) is 0. The summed E-state index contributed by atoms with van der Waals surface area (Å²) < 4.78 is 33.0. The number of nitrogens with one attached hydrogen (secondary N) is 1. The van der Waals surface area contributed by atoms with E-state index in [2.05, 4.69) is 23.5 Å². The first-order chi connectivity index (χ1) is 9.89. The molecule has 6 heteroatoms. The molecule has 0 radical (unpaired) electrons. The number of rotatable bonds is 9. The predicted molar refractivity (Wildman–Crippen MR) is 86.9 cm³/mol. The molecule has 1 aliphatic rings. The van der Waals surface area contributed by atoms with Crippen LogP contribution in [0, 0.1) is 5.92 Å². The lowest BCUT2D eigenvalue weighted by Crippen LogP contribution is -2.49. The minimum atomic E-state index is -3.22. The number of hydrogen-bond acceptors (Lipinski definition) is 4. The SMILES string of the molecule is CCC[C@@H](CC)S(=O)(=O)NC[C@H]1CN(CC(C)C)CCO1. The Balaban J connectivity index is 2.46. The maximum Gasteiger partial charge on any atom is 0.214 e. The van der Waals surface area contributed by atoms with Gasteiger partial charge in [-0.15, -0.1) is 0 Å². The van der Waals surface area contributed by atoms with E-state index < -0.39 is 10.0 Å². The zero-order chi connectivity index (χ0) is 15.9. The molecule has 0 aromatic heterocycles. The summed E-state index contributed by atoms with van der Waals surface area (Å²) in [6.07, 6.45) is 2.23. The predicted octanol–water partition coefficient (Wildman–Crippen LogP) is 1.84. The van der Waals surface area contributed by atoms with Crippen molar-refractivity contribution in [1.82, 2.24) is 9.62 Å². The van der Waals surface area contributed by atoms with Gasteiger partial charge in [-0.25, -0.2) is 13.1 Å². The van der Waals surface area contributed by atoms with Gasteiger partial charge in [0.15, 0.2) is 0 Å². The van der Waals surface area contributed by atoms with Crippen molar-refractivity contribution in [3.63, 3.8) is 0 Å². The van der Waals surface area contributed by atoms with Crippen LogP contribution in [0.5, 0.6) is 0 Å². The van der Waals surface area contributed by atoms with Crippen molar-refractivity contribution in [2.24, 2.45) is 5.92 Å². The second kappa shape index (κ2) is 9.08. The van der Waals surface area contributed by atoms with E-state index >= 15 is 0 Å². The molecule has 0 amide bonds. The Bertz CT molecular complexity index is 384. The summed E-state index contributed by atoms with van der Waals surface area (Å²) >= 11 is 0. The molecule has 1 heterocycles. The molecule has 1 fully saturated rings. The average molecular weight is 320 g/mol. The fourth-order valence-electron chi connectivity index (χ4n) is 2.81. The van der Waals surface area contributed by atoms with Gasteiger partial charge >= 0.3 is 0 Å². The second-order valence-electron chi connectivity index (χ2n) is 6.36. The summed E-state index contributed by atoms with van der Waals surface area (Å²) in [5.74, 6) is 0.620. The molecule has 1 saturated heterocycles. The van der Waals surface area contributed by atoms with Crippen LogP contribution < -0.4 is 4.72 Å². The van der Waals surface area contributed by atoms with Crippen molar-refractivity contribution >= 4 is 10.0 Å². The summed E-state index contributed by atoms with van der Waals surface area (Å²) in [7, 11) is -3.22. The van der Waals surface area contributed by atoms with E-state index in [0.29, 0.717) is 25.5 Å². The molecule has 1 N–H and O–H groups in total. The normalized spacial score (nSPS) is 22.6. The third-order valence-corrected chi connectivity index (χ3v) is 5.88. The van der Waals surface area contributed by atoms with Gasteiger partial charge in [0.25, 0.3) is 0 Å². The van der Waals surface area contributed by atoms with Crippen molar-refractivity contribution in [2.45, 2.75) is 58.3 Å². The minimum absolute atomic E-state index is 0.0357. The Morgan fingerprint density at radius 3 is 2.62 bits per heavy atom. The van der Waals surface area contributed by atoms with Gasteiger partial charge in [0.1, 0.15) is 0 Å². The Hall–Kier alpha value is -0.170. The first-order valence-corrected chi connectivity index (χ1v) is 9.76. The fraction of sp³-hybridized carbons (Fsp3) is 1.00. The molecule has 5 nitrogen and oxygen atoms in total. The first kappa shape index (κ1) is 18.9. The summed E-state index contributed by atoms with van der Waals surface area (Å²) in [6, 6.07) is 0. The lowest BCUT2D eigenvalue weighted by Gasteiger charge is -2.34. The van der Waals surface area contributed by atoms with Crippen LogP contribution in [0.25, 0.3) is 0 Å². The first-order valence-electron chi connectivity index (χ1n) is 8.21. The monoisotopic (exact) mass is 320 g/mol. The molecule has 1 aliphatic heterocycles. The zero-order valence-electron chi connectivity index (χ0n) is 14.0. The quantitative estimate of drug-likeness (QED) is 0.704. The summed E-state index contributed by atoms with van der Waals surface area (Å²) in [5, 5.41) is -0.280. The highest BCUT2D eigenvalue weighted by Crippen LogP contribution is 2.12. The van der Waals surface area contributed by atoms with Gasteiger partial charge < -0.3 is 4.74 Å². The lowest BCUT2D eigenvalue weighted by atomic mass is 10.2. The molecule has 0 aromatic rings. The zero-order valence-corrected chi connectivity index (χ0v) is 14.8.